The van der Waals surface area contributed by atoms with Crippen LogP contribution in [0, 0.1) is 13.8 Å². The van der Waals surface area contributed by atoms with Crippen LogP contribution < -0.4 is 5.32 Å². The average Bonchev–Trinajstić information content (AvgIpc) is 2.85. The smallest absolute Gasteiger partial charge is 0.263 e. The summed E-state index contributed by atoms with van der Waals surface area (Å²) in [6.07, 6.45) is 0. The van der Waals surface area contributed by atoms with Crippen molar-refractivity contribution in [1.82, 2.24) is 10.3 Å². The number of thiazole rings is 1. The van der Waals surface area contributed by atoms with Gasteiger partial charge in [-0.3, -0.25) is 4.79 Å². The minimum Gasteiger partial charge on any atom is -0.345 e. The van der Waals surface area contributed by atoms with E-state index >= 15 is 0 Å². The Balaban J connectivity index is 1.89. The molecule has 0 fully saturated rings. The minimum atomic E-state index is -0.0552. The summed E-state index contributed by atoms with van der Waals surface area (Å²) in [5, 5.41) is 6.37. The van der Waals surface area contributed by atoms with Crippen molar-refractivity contribution >= 4 is 28.0 Å². The van der Waals surface area contributed by atoms with Crippen LogP contribution in [0.25, 0.3) is 10.8 Å². The summed E-state index contributed by atoms with van der Waals surface area (Å²) < 4.78 is 0. The molecular weight excluding hydrogens is 292 g/mol. The number of benzene rings is 2. The molecule has 0 saturated carbocycles. The minimum absolute atomic E-state index is 0.0523. The lowest BCUT2D eigenvalue weighted by molar-refractivity contribution is 0.0943. The van der Waals surface area contributed by atoms with Gasteiger partial charge in [-0.15, -0.1) is 11.3 Å². The van der Waals surface area contributed by atoms with Crippen molar-refractivity contribution in [2.45, 2.75) is 26.8 Å². The molecule has 1 unspecified atom stereocenters. The fraction of sp³-hybridized carbons (Fsp3) is 0.222. The summed E-state index contributed by atoms with van der Waals surface area (Å²) in [5.41, 5.74) is 1.93. The Labute approximate surface area is 134 Å². The van der Waals surface area contributed by atoms with E-state index in [4.69, 9.17) is 0 Å². The molecule has 2 aromatic carbocycles. The highest BCUT2D eigenvalue weighted by atomic mass is 32.1. The number of aryl methyl sites for hydroxylation is 2. The van der Waals surface area contributed by atoms with Crippen LogP contribution >= 0.6 is 11.3 Å². The van der Waals surface area contributed by atoms with Gasteiger partial charge in [-0.05, 0) is 37.1 Å². The first kappa shape index (κ1) is 14.7. The van der Waals surface area contributed by atoms with E-state index in [1.165, 1.54) is 22.1 Å². The van der Waals surface area contributed by atoms with Gasteiger partial charge in [0.1, 0.15) is 4.88 Å². The summed E-state index contributed by atoms with van der Waals surface area (Å²) >= 11 is 1.44. The topological polar surface area (TPSA) is 42.0 Å². The third-order valence-corrected chi connectivity index (χ3v) is 4.82. The Kier molecular flexibility index (Phi) is 3.94. The second kappa shape index (κ2) is 5.89. The molecule has 0 radical (unpaired) electrons. The molecule has 0 aliphatic carbocycles. The number of nitrogens with zero attached hydrogens (tertiary/aromatic N) is 1. The maximum atomic E-state index is 12.5. The Bertz CT molecular complexity index is 833. The monoisotopic (exact) mass is 310 g/mol. The maximum Gasteiger partial charge on any atom is 0.263 e. The first-order valence-electron chi connectivity index (χ1n) is 7.29. The van der Waals surface area contributed by atoms with Gasteiger partial charge in [-0.2, -0.15) is 0 Å². The van der Waals surface area contributed by atoms with Gasteiger partial charge in [-0.25, -0.2) is 4.98 Å². The van der Waals surface area contributed by atoms with Crippen LogP contribution in [0.4, 0.5) is 0 Å². The van der Waals surface area contributed by atoms with Gasteiger partial charge >= 0.3 is 0 Å². The highest BCUT2D eigenvalue weighted by Gasteiger charge is 2.17. The Morgan fingerprint density at radius 2 is 1.86 bits per heavy atom. The van der Waals surface area contributed by atoms with Crippen LogP contribution in [0.15, 0.2) is 42.5 Å². The zero-order valence-electron chi connectivity index (χ0n) is 12.9. The molecule has 1 N–H and O–H groups in total. The SMILES string of the molecule is Cc1nc(C)c(C(=O)NC(C)c2cccc3ccccc23)s1. The van der Waals surface area contributed by atoms with Gasteiger partial charge in [-0.1, -0.05) is 42.5 Å². The number of aromatic nitrogens is 1. The Morgan fingerprint density at radius 1 is 1.14 bits per heavy atom. The first-order chi connectivity index (χ1) is 10.6. The number of carbonyl (C=O) groups excluding carboxylic acids is 1. The molecule has 1 atom stereocenters. The number of fused-ring (bicyclic) bond motifs is 1. The number of hydrogen-bond acceptors (Lipinski definition) is 3. The van der Waals surface area contributed by atoms with Crippen molar-refractivity contribution < 1.29 is 4.79 Å². The quantitative estimate of drug-likeness (QED) is 0.779. The third kappa shape index (κ3) is 2.74. The lowest BCUT2D eigenvalue weighted by atomic mass is 9.99. The molecule has 0 spiro atoms. The van der Waals surface area contributed by atoms with E-state index in [9.17, 15) is 4.79 Å². The standard InChI is InChI=1S/C18H18N2OS/c1-11(20-18(21)17-12(2)19-13(3)22-17)15-10-6-8-14-7-4-5-9-16(14)15/h4-11H,1-3H3,(H,20,21). The van der Waals surface area contributed by atoms with Crippen LogP contribution in [-0.4, -0.2) is 10.9 Å². The number of rotatable bonds is 3. The Morgan fingerprint density at radius 3 is 2.59 bits per heavy atom. The predicted molar refractivity (Wildman–Crippen MR) is 91.4 cm³/mol. The first-order valence-corrected chi connectivity index (χ1v) is 8.10. The molecule has 3 aromatic rings. The summed E-state index contributed by atoms with van der Waals surface area (Å²) in [7, 11) is 0. The Hall–Kier alpha value is -2.20. The molecule has 0 saturated heterocycles. The molecule has 0 bridgehead atoms. The molecule has 4 heteroatoms. The number of nitrogens with one attached hydrogen (secondary N) is 1. The molecule has 112 valence electrons. The van der Waals surface area contributed by atoms with Crippen molar-refractivity contribution in [3.05, 3.63) is 63.6 Å². The number of hydrogen-bond donors (Lipinski definition) is 1. The lowest BCUT2D eigenvalue weighted by Gasteiger charge is -2.16. The summed E-state index contributed by atoms with van der Waals surface area (Å²) in [6, 6.07) is 14.4. The number of carbonyl (C=O) groups is 1. The molecule has 3 rings (SSSR count). The van der Waals surface area contributed by atoms with Gasteiger partial charge in [0.2, 0.25) is 0 Å². The molecule has 1 heterocycles. The highest BCUT2D eigenvalue weighted by molar-refractivity contribution is 7.13. The molecule has 1 amide bonds. The maximum absolute atomic E-state index is 12.5. The molecule has 1 aromatic heterocycles. The third-order valence-electron chi connectivity index (χ3n) is 3.75. The van der Waals surface area contributed by atoms with Gasteiger partial charge in [0.15, 0.2) is 0 Å². The van der Waals surface area contributed by atoms with E-state index in [2.05, 4.69) is 34.6 Å². The fourth-order valence-electron chi connectivity index (χ4n) is 2.71. The van der Waals surface area contributed by atoms with Crippen LogP contribution in [0.1, 0.15) is 38.9 Å². The van der Waals surface area contributed by atoms with E-state index in [0.717, 1.165) is 16.3 Å². The fourth-order valence-corrected chi connectivity index (χ4v) is 3.53. The molecule has 22 heavy (non-hydrogen) atoms. The van der Waals surface area contributed by atoms with Gasteiger partial charge in [0.25, 0.3) is 5.91 Å². The predicted octanol–water partition coefficient (Wildman–Crippen LogP) is 4.40. The normalized spacial score (nSPS) is 12.3. The molecular formula is C18H18N2OS. The van der Waals surface area contributed by atoms with Crippen molar-refractivity contribution in [1.29, 1.82) is 0 Å². The van der Waals surface area contributed by atoms with Crippen molar-refractivity contribution in [2.75, 3.05) is 0 Å². The summed E-state index contributed by atoms with van der Waals surface area (Å²) in [6.45, 7) is 5.81. The van der Waals surface area contributed by atoms with E-state index in [1.54, 1.807) is 0 Å². The summed E-state index contributed by atoms with van der Waals surface area (Å²) in [5.74, 6) is -0.0523. The molecule has 0 aliphatic rings. The second-order valence-corrected chi connectivity index (χ2v) is 6.61. The van der Waals surface area contributed by atoms with Crippen LogP contribution in [0.3, 0.4) is 0 Å². The second-order valence-electron chi connectivity index (χ2n) is 5.41. The molecule has 3 nitrogen and oxygen atoms in total. The van der Waals surface area contributed by atoms with E-state index in [0.29, 0.717) is 4.88 Å². The van der Waals surface area contributed by atoms with Crippen molar-refractivity contribution in [3.63, 3.8) is 0 Å². The van der Waals surface area contributed by atoms with Crippen LogP contribution in [-0.2, 0) is 0 Å². The van der Waals surface area contributed by atoms with Gasteiger partial charge in [0.05, 0.1) is 16.7 Å². The van der Waals surface area contributed by atoms with Gasteiger partial charge in [0, 0.05) is 0 Å². The average molecular weight is 310 g/mol. The van der Waals surface area contributed by atoms with E-state index in [1.807, 2.05) is 39.0 Å². The van der Waals surface area contributed by atoms with E-state index < -0.39 is 0 Å². The highest BCUT2D eigenvalue weighted by Crippen LogP contribution is 2.25. The number of amides is 1. The van der Waals surface area contributed by atoms with Gasteiger partial charge < -0.3 is 5.32 Å². The van der Waals surface area contributed by atoms with Crippen LogP contribution in [0.5, 0.6) is 0 Å². The van der Waals surface area contributed by atoms with Crippen molar-refractivity contribution in [2.24, 2.45) is 0 Å². The zero-order chi connectivity index (χ0) is 15.7. The van der Waals surface area contributed by atoms with Crippen LogP contribution in [0.2, 0.25) is 0 Å². The van der Waals surface area contributed by atoms with E-state index in [-0.39, 0.29) is 11.9 Å². The zero-order valence-corrected chi connectivity index (χ0v) is 13.7. The largest absolute Gasteiger partial charge is 0.345 e. The lowest BCUT2D eigenvalue weighted by Crippen LogP contribution is -2.26. The van der Waals surface area contributed by atoms with Crippen molar-refractivity contribution in [3.8, 4) is 0 Å². The summed E-state index contributed by atoms with van der Waals surface area (Å²) in [4.78, 5) is 17.5. The molecule has 0 aliphatic heterocycles.